The molecule has 0 unspecified atom stereocenters. The average Bonchev–Trinajstić information content (AvgIpc) is 3.26. The minimum absolute atomic E-state index is 0.0926. The Hall–Kier alpha value is -1.90. The Bertz CT molecular complexity index is 969. The van der Waals surface area contributed by atoms with Gasteiger partial charge in [0.25, 0.3) is 0 Å². The summed E-state index contributed by atoms with van der Waals surface area (Å²) in [4.78, 5) is 2.70. The summed E-state index contributed by atoms with van der Waals surface area (Å²) in [6.45, 7) is 6.94. The first kappa shape index (κ1) is 15.6. The second-order valence-electron chi connectivity index (χ2n) is 7.10. The molecule has 0 aliphatic rings. The largest absolute Gasteiger partial charge is 0.144 e. The molecule has 0 spiro atoms. The topological polar surface area (TPSA) is 0 Å². The van der Waals surface area contributed by atoms with Crippen LogP contribution in [0.15, 0.2) is 65.4 Å². The summed E-state index contributed by atoms with van der Waals surface area (Å²) in [7, 11) is 0. The Labute approximate surface area is 151 Å². The van der Waals surface area contributed by atoms with E-state index >= 15 is 0 Å². The van der Waals surface area contributed by atoms with Crippen molar-refractivity contribution in [3.63, 3.8) is 0 Å². The van der Waals surface area contributed by atoms with Crippen LogP contribution in [0.2, 0.25) is 0 Å². The summed E-state index contributed by atoms with van der Waals surface area (Å²) in [5, 5.41) is 7.03. The minimum atomic E-state index is 0.0926. The van der Waals surface area contributed by atoms with Gasteiger partial charge in [0.2, 0.25) is 0 Å². The van der Waals surface area contributed by atoms with E-state index in [4.69, 9.17) is 0 Å². The molecule has 2 heteroatoms. The zero-order chi connectivity index (χ0) is 16.7. The van der Waals surface area contributed by atoms with Gasteiger partial charge in [0.15, 0.2) is 0 Å². The van der Waals surface area contributed by atoms with Crippen LogP contribution in [0.25, 0.3) is 31.7 Å². The van der Waals surface area contributed by atoms with Crippen LogP contribution in [0, 0.1) is 0 Å². The van der Waals surface area contributed by atoms with Crippen molar-refractivity contribution in [3.8, 4) is 20.9 Å². The third-order valence-electron chi connectivity index (χ3n) is 4.41. The van der Waals surface area contributed by atoms with Gasteiger partial charge in [-0.1, -0.05) is 57.2 Å². The molecule has 120 valence electrons. The maximum Gasteiger partial charge on any atom is 0.0351 e. The lowest BCUT2D eigenvalue weighted by Crippen LogP contribution is -2.13. The number of thiophene rings is 2. The number of rotatable bonds is 2. The molecule has 0 aliphatic carbocycles. The fourth-order valence-corrected chi connectivity index (χ4v) is 4.84. The Balaban J connectivity index is 2.16. The van der Waals surface area contributed by atoms with Crippen molar-refractivity contribution in [3.05, 3.63) is 70.9 Å². The lowest BCUT2D eigenvalue weighted by Gasteiger charge is -2.25. The number of hydrogen-bond acceptors (Lipinski definition) is 2. The van der Waals surface area contributed by atoms with Crippen molar-refractivity contribution in [2.45, 2.75) is 26.2 Å². The number of hydrogen-bond donors (Lipinski definition) is 0. The summed E-state index contributed by atoms with van der Waals surface area (Å²) >= 11 is 3.64. The molecule has 24 heavy (non-hydrogen) atoms. The fourth-order valence-electron chi connectivity index (χ4n) is 3.29. The summed E-state index contributed by atoms with van der Waals surface area (Å²) in [5.74, 6) is 0. The highest BCUT2D eigenvalue weighted by atomic mass is 32.1. The van der Waals surface area contributed by atoms with Crippen molar-refractivity contribution in [2.24, 2.45) is 0 Å². The highest BCUT2D eigenvalue weighted by molar-refractivity contribution is 7.14. The van der Waals surface area contributed by atoms with E-state index in [0.29, 0.717) is 0 Å². The van der Waals surface area contributed by atoms with Crippen LogP contribution < -0.4 is 0 Å². The normalized spacial score (nSPS) is 12.0. The van der Waals surface area contributed by atoms with Crippen molar-refractivity contribution >= 4 is 33.4 Å². The van der Waals surface area contributed by atoms with Gasteiger partial charge in [-0.2, -0.15) is 0 Å². The smallest absolute Gasteiger partial charge is 0.0351 e. The molecule has 4 aromatic rings. The van der Waals surface area contributed by atoms with Crippen molar-refractivity contribution in [2.75, 3.05) is 0 Å². The van der Waals surface area contributed by atoms with Crippen LogP contribution in [-0.4, -0.2) is 0 Å². The third-order valence-corrected chi connectivity index (χ3v) is 6.20. The van der Waals surface area contributed by atoms with E-state index in [0.717, 1.165) is 0 Å². The third kappa shape index (κ3) is 2.60. The molecular formula is C22H20S2. The maximum atomic E-state index is 2.42. The van der Waals surface area contributed by atoms with Crippen LogP contribution in [0.5, 0.6) is 0 Å². The highest BCUT2D eigenvalue weighted by Gasteiger charge is 2.23. The predicted molar refractivity (Wildman–Crippen MR) is 109 cm³/mol. The van der Waals surface area contributed by atoms with E-state index in [9.17, 15) is 0 Å². The summed E-state index contributed by atoms with van der Waals surface area (Å²) in [5.41, 5.74) is 4.27. The van der Waals surface area contributed by atoms with Gasteiger partial charge in [-0.3, -0.25) is 0 Å². The van der Waals surface area contributed by atoms with Gasteiger partial charge in [0.05, 0.1) is 0 Å². The SMILES string of the molecule is CC(C)(C)c1cc(-c2cccs2)c2ccccc2c1-c1cccs1. The van der Waals surface area contributed by atoms with Crippen LogP contribution in [0.4, 0.5) is 0 Å². The first-order valence-corrected chi connectivity index (χ1v) is 9.95. The minimum Gasteiger partial charge on any atom is -0.144 e. The first-order chi connectivity index (χ1) is 11.6. The van der Waals surface area contributed by atoms with E-state index in [-0.39, 0.29) is 5.41 Å². The predicted octanol–water partition coefficient (Wildman–Crippen LogP) is 7.59. The zero-order valence-corrected chi connectivity index (χ0v) is 15.8. The number of benzene rings is 2. The van der Waals surface area contributed by atoms with Gasteiger partial charge in [0.1, 0.15) is 0 Å². The van der Waals surface area contributed by atoms with Crippen molar-refractivity contribution < 1.29 is 0 Å². The maximum absolute atomic E-state index is 2.42. The van der Waals surface area contributed by atoms with E-state index in [1.807, 2.05) is 22.7 Å². The molecule has 2 heterocycles. The van der Waals surface area contributed by atoms with Gasteiger partial charge in [-0.15, -0.1) is 22.7 Å². The van der Waals surface area contributed by atoms with Gasteiger partial charge >= 0.3 is 0 Å². The fraction of sp³-hybridized carbons (Fsp3) is 0.182. The zero-order valence-electron chi connectivity index (χ0n) is 14.2. The molecule has 2 aromatic carbocycles. The second kappa shape index (κ2) is 5.87. The molecule has 0 fully saturated rings. The molecule has 2 aromatic heterocycles. The van der Waals surface area contributed by atoms with E-state index in [1.165, 1.54) is 37.2 Å². The summed E-state index contributed by atoms with van der Waals surface area (Å²) in [6, 6.07) is 20.0. The van der Waals surface area contributed by atoms with Crippen molar-refractivity contribution in [1.82, 2.24) is 0 Å². The Morgan fingerprint density at radius 1 is 0.708 bits per heavy atom. The van der Waals surface area contributed by atoms with Crippen LogP contribution >= 0.6 is 22.7 Å². The molecular weight excluding hydrogens is 328 g/mol. The van der Waals surface area contributed by atoms with Crippen molar-refractivity contribution in [1.29, 1.82) is 0 Å². The molecule has 0 radical (unpaired) electrons. The molecule has 0 nitrogen and oxygen atoms in total. The molecule has 0 aliphatic heterocycles. The van der Waals surface area contributed by atoms with Crippen LogP contribution in [0.1, 0.15) is 26.3 Å². The van der Waals surface area contributed by atoms with Gasteiger partial charge in [0, 0.05) is 15.3 Å². The van der Waals surface area contributed by atoms with Crippen LogP contribution in [0.3, 0.4) is 0 Å². The highest BCUT2D eigenvalue weighted by Crippen LogP contribution is 2.44. The van der Waals surface area contributed by atoms with Gasteiger partial charge in [-0.25, -0.2) is 0 Å². The molecule has 0 N–H and O–H groups in total. The monoisotopic (exact) mass is 348 g/mol. The van der Waals surface area contributed by atoms with E-state index in [2.05, 4.69) is 86.1 Å². The molecule has 0 bridgehead atoms. The first-order valence-electron chi connectivity index (χ1n) is 8.20. The molecule has 0 saturated heterocycles. The van der Waals surface area contributed by atoms with Gasteiger partial charge < -0.3 is 0 Å². The molecule has 0 amide bonds. The molecule has 0 saturated carbocycles. The average molecular weight is 349 g/mol. The Morgan fingerprint density at radius 3 is 1.92 bits per heavy atom. The lowest BCUT2D eigenvalue weighted by atomic mass is 9.79. The summed E-state index contributed by atoms with van der Waals surface area (Å²) < 4.78 is 0. The standard InChI is InChI=1S/C22H20S2/c1-22(2,3)18-14-17(19-10-6-12-23-19)15-8-4-5-9-16(15)21(18)20-11-7-13-24-20/h4-14H,1-3H3. The van der Waals surface area contributed by atoms with Gasteiger partial charge in [-0.05, 0) is 56.3 Å². The van der Waals surface area contributed by atoms with Crippen LogP contribution in [-0.2, 0) is 5.41 Å². The van der Waals surface area contributed by atoms with E-state index < -0.39 is 0 Å². The van der Waals surface area contributed by atoms with E-state index in [1.54, 1.807) is 0 Å². The number of fused-ring (bicyclic) bond motifs is 1. The quantitative estimate of drug-likeness (QED) is 0.350. The molecule has 0 atom stereocenters. The summed E-state index contributed by atoms with van der Waals surface area (Å²) in [6.07, 6.45) is 0. The molecule has 4 rings (SSSR count). The second-order valence-corrected chi connectivity index (χ2v) is 8.99. The Kier molecular flexibility index (Phi) is 3.82. The Morgan fingerprint density at radius 2 is 1.33 bits per heavy atom. The lowest BCUT2D eigenvalue weighted by molar-refractivity contribution is 0.593.